The lowest BCUT2D eigenvalue weighted by Gasteiger charge is -2.28. The van der Waals surface area contributed by atoms with E-state index in [1.54, 1.807) is 26.0 Å². The van der Waals surface area contributed by atoms with Gasteiger partial charge in [-0.3, -0.25) is 9.36 Å². The van der Waals surface area contributed by atoms with Gasteiger partial charge in [-0.2, -0.15) is 0 Å². The smallest absolute Gasteiger partial charge is 0.240 e. The molecule has 1 atom stereocenters. The number of rotatable bonds is 9. The third-order valence-electron chi connectivity index (χ3n) is 5.33. The number of aromatic nitrogens is 3. The summed E-state index contributed by atoms with van der Waals surface area (Å²) in [6, 6.07) is 6.33. The van der Waals surface area contributed by atoms with E-state index >= 15 is 0 Å². The summed E-state index contributed by atoms with van der Waals surface area (Å²) in [5.74, 6) is 0.664. The molecule has 1 aromatic carbocycles. The third-order valence-corrected chi connectivity index (χ3v) is 8.06. The summed E-state index contributed by atoms with van der Waals surface area (Å²) in [4.78, 5) is 15.1. The van der Waals surface area contributed by atoms with Crippen molar-refractivity contribution < 1.29 is 17.9 Å². The number of morpholine rings is 1. The summed E-state index contributed by atoms with van der Waals surface area (Å²) in [5, 5.41) is 12.0. The molecule has 1 saturated carbocycles. The van der Waals surface area contributed by atoms with E-state index in [-0.39, 0.29) is 16.8 Å². The highest BCUT2D eigenvalue weighted by Gasteiger charge is 2.33. The standard InChI is InChI=1S/C21H30N6O4S2/c1-14(2)25-33(29,30)18-8-4-16(5-9-18)22-19(28)15(3)32-21-24-23-20(27(21)17-6-7-17)26-10-12-31-13-11-26/h4-5,8-9,14-15,17,25H,6-7,10-13H2,1-3H3,(H,22,28). The number of benzene rings is 1. The van der Waals surface area contributed by atoms with Gasteiger partial charge in [0.2, 0.25) is 21.9 Å². The number of nitrogens with one attached hydrogen (secondary N) is 2. The van der Waals surface area contributed by atoms with Crippen LogP contribution in [0.25, 0.3) is 0 Å². The Labute approximate surface area is 198 Å². The van der Waals surface area contributed by atoms with Gasteiger partial charge in [-0.05, 0) is 57.9 Å². The van der Waals surface area contributed by atoms with Crippen molar-refractivity contribution in [1.29, 1.82) is 0 Å². The number of ether oxygens (including phenoxy) is 1. The second-order valence-corrected chi connectivity index (χ2v) is 11.6. The summed E-state index contributed by atoms with van der Waals surface area (Å²) in [7, 11) is -3.57. The SMILES string of the molecule is CC(C)NS(=O)(=O)c1ccc(NC(=O)C(C)Sc2nnc(N3CCOCC3)n2C2CC2)cc1. The second-order valence-electron chi connectivity index (χ2n) is 8.53. The van der Waals surface area contributed by atoms with Crippen molar-refractivity contribution >= 4 is 39.3 Å². The first-order chi connectivity index (χ1) is 15.7. The van der Waals surface area contributed by atoms with E-state index in [1.165, 1.54) is 23.9 Å². The lowest BCUT2D eigenvalue weighted by atomic mass is 10.3. The average Bonchev–Trinajstić information content (AvgIpc) is 3.53. The monoisotopic (exact) mass is 494 g/mol. The first kappa shape index (κ1) is 24.0. The maximum Gasteiger partial charge on any atom is 0.240 e. The lowest BCUT2D eigenvalue weighted by molar-refractivity contribution is -0.115. The van der Waals surface area contributed by atoms with E-state index in [0.29, 0.717) is 24.9 Å². The predicted molar refractivity (Wildman–Crippen MR) is 127 cm³/mol. The van der Waals surface area contributed by atoms with Crippen LogP contribution in [0, 0.1) is 0 Å². The molecule has 180 valence electrons. The maximum absolute atomic E-state index is 12.8. The van der Waals surface area contributed by atoms with E-state index in [4.69, 9.17) is 4.74 Å². The quantitative estimate of drug-likeness (QED) is 0.510. The zero-order valence-electron chi connectivity index (χ0n) is 19.0. The zero-order valence-corrected chi connectivity index (χ0v) is 20.7. The molecule has 1 saturated heterocycles. The Bertz CT molecular complexity index is 1080. The minimum absolute atomic E-state index is 0.157. The number of amides is 1. The highest BCUT2D eigenvalue weighted by Crippen LogP contribution is 2.41. The van der Waals surface area contributed by atoms with E-state index in [0.717, 1.165) is 37.0 Å². The highest BCUT2D eigenvalue weighted by molar-refractivity contribution is 8.00. The molecule has 1 amide bonds. The third kappa shape index (κ3) is 5.86. The van der Waals surface area contributed by atoms with Crippen LogP contribution in [-0.4, -0.2) is 66.7 Å². The molecule has 0 spiro atoms. The molecule has 1 aliphatic heterocycles. The van der Waals surface area contributed by atoms with Crippen LogP contribution in [0.5, 0.6) is 0 Å². The topological polar surface area (TPSA) is 118 Å². The molecule has 2 aromatic rings. The molecule has 10 nitrogen and oxygen atoms in total. The fraction of sp³-hybridized carbons (Fsp3) is 0.571. The van der Waals surface area contributed by atoms with Gasteiger partial charge < -0.3 is 15.0 Å². The Hall–Kier alpha value is -2.15. The fourth-order valence-electron chi connectivity index (χ4n) is 3.53. The fourth-order valence-corrected chi connectivity index (χ4v) is 5.70. The minimum Gasteiger partial charge on any atom is -0.378 e. The van der Waals surface area contributed by atoms with Crippen LogP contribution in [0.1, 0.15) is 39.7 Å². The number of nitrogens with zero attached hydrogens (tertiary/aromatic N) is 4. The van der Waals surface area contributed by atoms with Crippen molar-refractivity contribution in [2.45, 2.75) is 61.0 Å². The van der Waals surface area contributed by atoms with Crippen LogP contribution in [0.4, 0.5) is 11.6 Å². The van der Waals surface area contributed by atoms with E-state index < -0.39 is 15.3 Å². The Balaban J connectivity index is 1.41. The van der Waals surface area contributed by atoms with Crippen LogP contribution in [0.2, 0.25) is 0 Å². The van der Waals surface area contributed by atoms with Crippen molar-refractivity contribution in [2.75, 3.05) is 36.5 Å². The molecule has 1 unspecified atom stereocenters. The highest BCUT2D eigenvalue weighted by atomic mass is 32.2. The Morgan fingerprint density at radius 1 is 1.12 bits per heavy atom. The molecule has 2 fully saturated rings. The number of hydrogen-bond acceptors (Lipinski definition) is 8. The first-order valence-electron chi connectivity index (χ1n) is 11.1. The molecule has 2 heterocycles. The van der Waals surface area contributed by atoms with Gasteiger partial charge in [-0.15, -0.1) is 10.2 Å². The molecule has 0 radical (unpaired) electrons. The van der Waals surface area contributed by atoms with E-state index in [9.17, 15) is 13.2 Å². The molecule has 4 rings (SSSR count). The normalized spacial score (nSPS) is 17.9. The van der Waals surface area contributed by atoms with Gasteiger partial charge in [-0.1, -0.05) is 11.8 Å². The van der Waals surface area contributed by atoms with Crippen molar-refractivity contribution in [1.82, 2.24) is 19.5 Å². The molecule has 2 aliphatic rings. The van der Waals surface area contributed by atoms with Crippen LogP contribution in [0.3, 0.4) is 0 Å². The van der Waals surface area contributed by atoms with Gasteiger partial charge in [-0.25, -0.2) is 13.1 Å². The molecule has 12 heteroatoms. The Morgan fingerprint density at radius 2 is 1.79 bits per heavy atom. The van der Waals surface area contributed by atoms with Gasteiger partial charge in [0.15, 0.2) is 5.16 Å². The number of hydrogen-bond donors (Lipinski definition) is 2. The molecular formula is C21H30N6O4S2. The van der Waals surface area contributed by atoms with Gasteiger partial charge >= 0.3 is 0 Å². The molecule has 33 heavy (non-hydrogen) atoms. The second kappa shape index (κ2) is 10.00. The molecular weight excluding hydrogens is 464 g/mol. The number of carbonyl (C=O) groups excluding carboxylic acids is 1. The number of sulfonamides is 1. The summed E-state index contributed by atoms with van der Waals surface area (Å²) >= 11 is 1.38. The van der Waals surface area contributed by atoms with Gasteiger partial charge in [0.25, 0.3) is 0 Å². The lowest BCUT2D eigenvalue weighted by Crippen LogP contribution is -2.38. The minimum atomic E-state index is -3.57. The average molecular weight is 495 g/mol. The van der Waals surface area contributed by atoms with Crippen molar-refractivity contribution in [2.24, 2.45) is 0 Å². The summed E-state index contributed by atoms with van der Waals surface area (Å²) in [6.45, 7) is 8.26. The number of anilines is 2. The molecule has 2 N–H and O–H groups in total. The Morgan fingerprint density at radius 3 is 2.39 bits per heavy atom. The van der Waals surface area contributed by atoms with Crippen LogP contribution in [0.15, 0.2) is 34.3 Å². The van der Waals surface area contributed by atoms with E-state index in [2.05, 4.69) is 29.7 Å². The first-order valence-corrected chi connectivity index (χ1v) is 13.5. The molecule has 1 aromatic heterocycles. The van der Waals surface area contributed by atoms with Crippen molar-refractivity contribution in [3.8, 4) is 0 Å². The largest absolute Gasteiger partial charge is 0.378 e. The van der Waals surface area contributed by atoms with Gasteiger partial charge in [0, 0.05) is 30.9 Å². The van der Waals surface area contributed by atoms with Gasteiger partial charge in [0.1, 0.15) is 0 Å². The summed E-state index contributed by atoms with van der Waals surface area (Å²) < 4.78 is 34.7. The van der Waals surface area contributed by atoms with Crippen LogP contribution in [-0.2, 0) is 19.6 Å². The zero-order chi connectivity index (χ0) is 23.6. The number of carbonyl (C=O) groups is 1. The number of thioether (sulfide) groups is 1. The van der Waals surface area contributed by atoms with Crippen LogP contribution >= 0.6 is 11.8 Å². The van der Waals surface area contributed by atoms with Gasteiger partial charge in [0.05, 0.1) is 23.4 Å². The summed E-state index contributed by atoms with van der Waals surface area (Å²) in [6.07, 6.45) is 2.18. The van der Waals surface area contributed by atoms with Crippen molar-refractivity contribution in [3.05, 3.63) is 24.3 Å². The molecule has 1 aliphatic carbocycles. The van der Waals surface area contributed by atoms with E-state index in [1.807, 2.05) is 6.92 Å². The maximum atomic E-state index is 12.8. The summed E-state index contributed by atoms with van der Waals surface area (Å²) in [5.41, 5.74) is 0.536. The van der Waals surface area contributed by atoms with Crippen LogP contribution < -0.4 is 14.9 Å². The molecule has 0 bridgehead atoms. The predicted octanol–water partition coefficient (Wildman–Crippen LogP) is 2.26. The Kier molecular flexibility index (Phi) is 7.27. The van der Waals surface area contributed by atoms with Crippen molar-refractivity contribution in [3.63, 3.8) is 0 Å².